The van der Waals surface area contributed by atoms with Gasteiger partial charge in [-0.25, -0.2) is 0 Å². The molecule has 1 amide bonds. The third kappa shape index (κ3) is 3.43. The molecule has 0 aliphatic rings. The van der Waals surface area contributed by atoms with Crippen LogP contribution >= 0.6 is 0 Å². The zero-order valence-electron chi connectivity index (χ0n) is 14.9. The van der Waals surface area contributed by atoms with Gasteiger partial charge >= 0.3 is 0 Å². The van der Waals surface area contributed by atoms with E-state index in [1.807, 2.05) is 43.3 Å². The highest BCUT2D eigenvalue weighted by molar-refractivity contribution is 5.97. The largest absolute Gasteiger partial charge is 0.497 e. The number of nitrogens with zero attached hydrogens (tertiary/aromatic N) is 4. The SMILES string of the molecule is COc1ccc(C(=O)N=Nc2c(O)n(CN(C)C)c3ccccc23)cc1. The first-order valence-electron chi connectivity index (χ1n) is 8.06. The molecular formula is C19H20N4O3. The van der Waals surface area contributed by atoms with Gasteiger partial charge in [-0.1, -0.05) is 18.2 Å². The van der Waals surface area contributed by atoms with Crippen molar-refractivity contribution in [3.05, 3.63) is 54.1 Å². The van der Waals surface area contributed by atoms with Crippen molar-refractivity contribution in [2.45, 2.75) is 6.67 Å². The van der Waals surface area contributed by atoms with Crippen LogP contribution in [0, 0.1) is 0 Å². The lowest BCUT2D eigenvalue weighted by atomic mass is 10.2. The van der Waals surface area contributed by atoms with Gasteiger partial charge in [-0.3, -0.25) is 14.3 Å². The standard InChI is InChI=1S/C19H20N4O3/c1-22(2)12-23-16-7-5-4-6-15(16)17(19(23)25)20-21-18(24)13-8-10-14(26-3)11-9-13/h4-11,25H,12H2,1-3H3. The summed E-state index contributed by atoms with van der Waals surface area (Å²) in [5.74, 6) is 0.144. The maximum Gasteiger partial charge on any atom is 0.295 e. The Balaban J connectivity index is 1.96. The molecule has 0 unspecified atom stereocenters. The van der Waals surface area contributed by atoms with Crippen LogP contribution in [0.5, 0.6) is 11.6 Å². The summed E-state index contributed by atoms with van der Waals surface area (Å²) in [5.41, 5.74) is 1.50. The fraction of sp³-hybridized carbons (Fsp3) is 0.211. The van der Waals surface area contributed by atoms with Gasteiger partial charge in [0.05, 0.1) is 19.3 Å². The predicted octanol–water partition coefficient (Wildman–Crippen LogP) is 3.80. The van der Waals surface area contributed by atoms with Crippen LogP contribution in [0.3, 0.4) is 0 Å². The van der Waals surface area contributed by atoms with Gasteiger partial charge in [0, 0.05) is 10.9 Å². The minimum absolute atomic E-state index is 0.0221. The molecular weight excluding hydrogens is 332 g/mol. The van der Waals surface area contributed by atoms with E-state index in [0.717, 1.165) is 10.9 Å². The van der Waals surface area contributed by atoms with E-state index in [9.17, 15) is 9.90 Å². The molecule has 0 saturated heterocycles. The molecule has 3 aromatic rings. The molecule has 26 heavy (non-hydrogen) atoms. The Labute approximate surface area is 151 Å². The molecule has 1 N–H and O–H groups in total. The Bertz CT molecular complexity index is 959. The van der Waals surface area contributed by atoms with E-state index in [4.69, 9.17) is 4.74 Å². The monoisotopic (exact) mass is 352 g/mol. The van der Waals surface area contributed by atoms with E-state index in [1.165, 1.54) is 0 Å². The van der Waals surface area contributed by atoms with Gasteiger partial charge < -0.3 is 9.84 Å². The van der Waals surface area contributed by atoms with Gasteiger partial charge in [-0.05, 0) is 44.4 Å². The van der Waals surface area contributed by atoms with Crippen molar-refractivity contribution in [1.29, 1.82) is 0 Å². The van der Waals surface area contributed by atoms with E-state index in [0.29, 0.717) is 18.0 Å². The first kappa shape index (κ1) is 17.6. The number of methoxy groups -OCH3 is 1. The molecule has 0 aliphatic heterocycles. The Morgan fingerprint density at radius 1 is 1.15 bits per heavy atom. The van der Waals surface area contributed by atoms with E-state index in [-0.39, 0.29) is 11.6 Å². The number of fused-ring (bicyclic) bond motifs is 1. The third-order valence-corrected chi connectivity index (χ3v) is 3.92. The average molecular weight is 352 g/mol. The lowest BCUT2D eigenvalue weighted by Crippen LogP contribution is -2.16. The fourth-order valence-electron chi connectivity index (χ4n) is 2.68. The van der Waals surface area contributed by atoms with Crippen LogP contribution in [0.2, 0.25) is 0 Å². The van der Waals surface area contributed by atoms with Crippen LogP contribution in [0.25, 0.3) is 10.9 Å². The van der Waals surface area contributed by atoms with Gasteiger partial charge in [0.15, 0.2) is 5.69 Å². The highest BCUT2D eigenvalue weighted by atomic mass is 16.5. The fourth-order valence-corrected chi connectivity index (χ4v) is 2.68. The number of benzene rings is 2. The summed E-state index contributed by atoms with van der Waals surface area (Å²) in [6.45, 7) is 0.480. The molecule has 1 heterocycles. The van der Waals surface area contributed by atoms with Crippen molar-refractivity contribution in [3.63, 3.8) is 0 Å². The smallest absolute Gasteiger partial charge is 0.295 e. The molecule has 7 heteroatoms. The molecule has 0 spiro atoms. The number of aromatic nitrogens is 1. The zero-order valence-corrected chi connectivity index (χ0v) is 14.9. The molecule has 1 aromatic heterocycles. The van der Waals surface area contributed by atoms with Crippen LogP contribution in [0.1, 0.15) is 10.4 Å². The van der Waals surface area contributed by atoms with Crippen molar-refractivity contribution < 1.29 is 14.6 Å². The Hall–Kier alpha value is -3.19. The first-order chi connectivity index (χ1) is 12.5. The second-order valence-corrected chi connectivity index (χ2v) is 6.07. The van der Waals surface area contributed by atoms with Gasteiger partial charge in [0.2, 0.25) is 5.88 Å². The maximum absolute atomic E-state index is 12.3. The number of carbonyl (C=O) groups is 1. The number of hydrogen-bond donors (Lipinski definition) is 1. The van der Waals surface area contributed by atoms with Crippen molar-refractivity contribution in [1.82, 2.24) is 9.47 Å². The van der Waals surface area contributed by atoms with Gasteiger partial charge in [-0.15, -0.1) is 10.2 Å². The number of amides is 1. The van der Waals surface area contributed by atoms with Crippen molar-refractivity contribution in [2.24, 2.45) is 10.2 Å². The summed E-state index contributed by atoms with van der Waals surface area (Å²) in [6.07, 6.45) is 0. The summed E-state index contributed by atoms with van der Waals surface area (Å²) in [7, 11) is 5.37. The summed E-state index contributed by atoms with van der Waals surface area (Å²) in [5, 5.41) is 19.1. The normalized spacial score (nSPS) is 11.5. The molecule has 2 aromatic carbocycles. The van der Waals surface area contributed by atoms with E-state index < -0.39 is 5.91 Å². The molecule has 0 saturated carbocycles. The Morgan fingerprint density at radius 3 is 2.50 bits per heavy atom. The molecule has 0 radical (unpaired) electrons. The highest BCUT2D eigenvalue weighted by Crippen LogP contribution is 2.38. The van der Waals surface area contributed by atoms with Gasteiger partial charge in [0.25, 0.3) is 5.91 Å². The van der Waals surface area contributed by atoms with E-state index >= 15 is 0 Å². The van der Waals surface area contributed by atoms with E-state index in [1.54, 1.807) is 35.9 Å². The zero-order chi connectivity index (χ0) is 18.7. The van der Waals surface area contributed by atoms with Crippen LogP contribution in [-0.4, -0.2) is 41.7 Å². The first-order valence-corrected chi connectivity index (χ1v) is 8.06. The number of azo groups is 1. The molecule has 3 rings (SSSR count). The number of rotatable bonds is 5. The molecule has 0 atom stereocenters. The molecule has 0 aliphatic carbocycles. The summed E-state index contributed by atoms with van der Waals surface area (Å²) in [4.78, 5) is 14.2. The highest BCUT2D eigenvalue weighted by Gasteiger charge is 2.17. The minimum atomic E-state index is -0.489. The third-order valence-electron chi connectivity index (χ3n) is 3.92. The number of carbonyl (C=O) groups excluding carboxylic acids is 1. The predicted molar refractivity (Wildman–Crippen MR) is 99.1 cm³/mol. The topological polar surface area (TPSA) is 79.4 Å². The number of aromatic hydroxyl groups is 1. The van der Waals surface area contributed by atoms with Crippen LogP contribution in [0.4, 0.5) is 5.69 Å². The van der Waals surface area contributed by atoms with Gasteiger partial charge in [0.1, 0.15) is 5.75 Å². The quantitative estimate of drug-likeness (QED) is 0.708. The minimum Gasteiger partial charge on any atom is -0.497 e. The number of para-hydroxylation sites is 1. The lowest BCUT2D eigenvalue weighted by molar-refractivity contribution is 0.0995. The van der Waals surface area contributed by atoms with Crippen molar-refractivity contribution in [2.75, 3.05) is 21.2 Å². The Kier molecular flexibility index (Phi) is 4.99. The molecule has 0 bridgehead atoms. The summed E-state index contributed by atoms with van der Waals surface area (Å²) >= 11 is 0. The summed E-state index contributed by atoms with van der Waals surface area (Å²) in [6, 6.07) is 14.1. The maximum atomic E-state index is 12.3. The summed E-state index contributed by atoms with van der Waals surface area (Å²) < 4.78 is 6.80. The second-order valence-electron chi connectivity index (χ2n) is 6.07. The van der Waals surface area contributed by atoms with Crippen LogP contribution in [0.15, 0.2) is 58.8 Å². The Morgan fingerprint density at radius 2 is 1.85 bits per heavy atom. The molecule has 7 nitrogen and oxygen atoms in total. The second kappa shape index (κ2) is 7.37. The lowest BCUT2D eigenvalue weighted by Gasteiger charge is -2.12. The van der Waals surface area contributed by atoms with E-state index in [2.05, 4.69) is 10.2 Å². The molecule has 134 valence electrons. The molecule has 0 fully saturated rings. The number of ether oxygens (including phenoxy) is 1. The van der Waals surface area contributed by atoms with Gasteiger partial charge in [-0.2, -0.15) is 0 Å². The average Bonchev–Trinajstić information content (AvgIpc) is 2.91. The van der Waals surface area contributed by atoms with Crippen molar-refractivity contribution >= 4 is 22.5 Å². The van der Waals surface area contributed by atoms with Crippen LogP contribution < -0.4 is 4.74 Å². The van der Waals surface area contributed by atoms with Crippen molar-refractivity contribution in [3.8, 4) is 11.6 Å². The van der Waals surface area contributed by atoms with Crippen LogP contribution in [-0.2, 0) is 6.67 Å². The number of hydrogen-bond acceptors (Lipinski definition) is 5.